The van der Waals surface area contributed by atoms with Crippen LogP contribution in [-0.4, -0.2) is 48.5 Å². The van der Waals surface area contributed by atoms with Gasteiger partial charge in [0.15, 0.2) is 5.82 Å². The first-order valence-electron chi connectivity index (χ1n) is 8.19. The summed E-state index contributed by atoms with van der Waals surface area (Å²) < 4.78 is 27.5. The number of benzene rings is 1. The predicted octanol–water partition coefficient (Wildman–Crippen LogP) is 1.39. The lowest BCUT2D eigenvalue weighted by atomic mass is 10.3. The number of piperazine rings is 1. The molecule has 1 N–H and O–H groups in total. The van der Waals surface area contributed by atoms with Crippen LogP contribution >= 0.6 is 0 Å². The maximum absolute atomic E-state index is 13.1. The second kappa shape index (κ2) is 6.12. The summed E-state index contributed by atoms with van der Waals surface area (Å²) in [5.41, 5.74) is 1.19. The lowest BCUT2D eigenvalue weighted by Crippen LogP contribution is -2.44. The van der Waals surface area contributed by atoms with E-state index in [0.29, 0.717) is 16.9 Å². The molecule has 1 fully saturated rings. The van der Waals surface area contributed by atoms with Crippen LogP contribution in [0.25, 0.3) is 11.0 Å². The molecule has 3 aromatic rings. The van der Waals surface area contributed by atoms with E-state index in [1.807, 2.05) is 0 Å². The number of fused-ring (bicyclic) bond motifs is 1. The van der Waals surface area contributed by atoms with Crippen molar-refractivity contribution < 1.29 is 8.42 Å². The summed E-state index contributed by atoms with van der Waals surface area (Å²) in [7, 11) is -3.70. The number of nitrogens with one attached hydrogen (secondary N) is 1. The lowest BCUT2D eigenvalue weighted by molar-refractivity contribution is 0.586. The summed E-state index contributed by atoms with van der Waals surface area (Å²) >= 11 is 0. The first-order chi connectivity index (χ1) is 12.1. The van der Waals surface area contributed by atoms with Crippen molar-refractivity contribution in [2.75, 3.05) is 31.1 Å². The molecule has 0 bridgehead atoms. The first-order valence-corrected chi connectivity index (χ1v) is 9.63. The number of pyridine rings is 1. The Morgan fingerprint density at radius 2 is 1.80 bits per heavy atom. The Hall–Kier alpha value is -2.45. The molecular weight excluding hydrogens is 338 g/mol. The molecule has 8 heteroatoms. The second-order valence-electron chi connectivity index (χ2n) is 5.98. The molecule has 0 spiro atoms. The van der Waals surface area contributed by atoms with Gasteiger partial charge in [-0.05, 0) is 25.1 Å². The van der Waals surface area contributed by atoms with Crippen LogP contribution in [0.1, 0.15) is 5.82 Å². The van der Waals surface area contributed by atoms with Gasteiger partial charge in [0, 0.05) is 32.4 Å². The quantitative estimate of drug-likeness (QED) is 0.763. The number of anilines is 1. The summed E-state index contributed by atoms with van der Waals surface area (Å²) in [6.07, 6.45) is 1.65. The summed E-state index contributed by atoms with van der Waals surface area (Å²) in [4.78, 5) is 11.4. The van der Waals surface area contributed by atoms with Gasteiger partial charge in [-0.25, -0.2) is 22.4 Å². The van der Waals surface area contributed by atoms with Crippen LogP contribution in [-0.2, 0) is 10.0 Å². The van der Waals surface area contributed by atoms with Gasteiger partial charge < -0.3 is 10.2 Å². The molecule has 130 valence electrons. The van der Waals surface area contributed by atoms with Gasteiger partial charge in [-0.3, -0.25) is 0 Å². The van der Waals surface area contributed by atoms with Crippen LogP contribution < -0.4 is 10.2 Å². The van der Waals surface area contributed by atoms with E-state index >= 15 is 0 Å². The molecule has 2 aromatic heterocycles. The van der Waals surface area contributed by atoms with Crippen molar-refractivity contribution >= 4 is 26.9 Å². The standard InChI is InChI=1S/C17H19N5O2S/c1-13-20-16-15(7-8-19-17(16)21-11-9-18-10-12-21)22(13)25(23,24)14-5-3-2-4-6-14/h2-8,18H,9-12H2,1H3. The minimum atomic E-state index is -3.70. The fraction of sp³-hybridized carbons (Fsp3) is 0.294. The number of nitrogens with zero attached hydrogens (tertiary/aromatic N) is 4. The van der Waals surface area contributed by atoms with Crippen LogP contribution in [0.5, 0.6) is 0 Å². The fourth-order valence-electron chi connectivity index (χ4n) is 3.20. The number of aromatic nitrogens is 3. The van der Waals surface area contributed by atoms with E-state index in [0.717, 1.165) is 32.0 Å². The maximum atomic E-state index is 13.1. The van der Waals surface area contributed by atoms with Gasteiger partial charge >= 0.3 is 0 Å². The van der Waals surface area contributed by atoms with Gasteiger partial charge in [-0.2, -0.15) is 0 Å². The van der Waals surface area contributed by atoms with E-state index < -0.39 is 10.0 Å². The minimum Gasteiger partial charge on any atom is -0.352 e. The van der Waals surface area contributed by atoms with E-state index in [1.54, 1.807) is 49.5 Å². The van der Waals surface area contributed by atoms with Crippen LogP contribution in [0.3, 0.4) is 0 Å². The Kier molecular flexibility index (Phi) is 3.93. The van der Waals surface area contributed by atoms with E-state index in [-0.39, 0.29) is 4.90 Å². The van der Waals surface area contributed by atoms with Crippen molar-refractivity contribution in [3.8, 4) is 0 Å². The van der Waals surface area contributed by atoms with Crippen molar-refractivity contribution in [2.24, 2.45) is 0 Å². The molecule has 0 atom stereocenters. The molecule has 0 amide bonds. The fourth-order valence-corrected chi connectivity index (χ4v) is 4.70. The van der Waals surface area contributed by atoms with E-state index in [2.05, 4.69) is 20.2 Å². The summed E-state index contributed by atoms with van der Waals surface area (Å²) in [6, 6.07) is 10.1. The normalized spacial score (nSPS) is 15.6. The third kappa shape index (κ3) is 2.67. The highest BCUT2D eigenvalue weighted by atomic mass is 32.2. The molecule has 25 heavy (non-hydrogen) atoms. The maximum Gasteiger partial charge on any atom is 0.269 e. The molecule has 1 aliphatic heterocycles. The average Bonchev–Trinajstić information content (AvgIpc) is 2.99. The first kappa shape index (κ1) is 16.0. The molecule has 4 rings (SSSR count). The van der Waals surface area contributed by atoms with E-state index in [9.17, 15) is 8.42 Å². The number of hydrogen-bond donors (Lipinski definition) is 1. The molecule has 0 saturated carbocycles. The van der Waals surface area contributed by atoms with Crippen molar-refractivity contribution in [2.45, 2.75) is 11.8 Å². The van der Waals surface area contributed by atoms with Crippen molar-refractivity contribution in [1.29, 1.82) is 0 Å². The van der Waals surface area contributed by atoms with Gasteiger partial charge in [-0.15, -0.1) is 0 Å². The van der Waals surface area contributed by atoms with Crippen LogP contribution in [0.4, 0.5) is 5.82 Å². The summed E-state index contributed by atoms with van der Waals surface area (Å²) in [5.74, 6) is 1.17. The van der Waals surface area contributed by atoms with Crippen molar-refractivity contribution in [3.63, 3.8) is 0 Å². The van der Waals surface area contributed by atoms with Gasteiger partial charge in [0.2, 0.25) is 0 Å². The Balaban J connectivity index is 1.90. The molecule has 1 aromatic carbocycles. The van der Waals surface area contributed by atoms with E-state index in [4.69, 9.17) is 0 Å². The van der Waals surface area contributed by atoms with Gasteiger partial charge in [0.05, 0.1) is 10.4 Å². The SMILES string of the molecule is Cc1nc2c(N3CCNCC3)nccc2n1S(=O)(=O)c1ccccc1. The smallest absolute Gasteiger partial charge is 0.269 e. The Morgan fingerprint density at radius 1 is 1.08 bits per heavy atom. The zero-order valence-corrected chi connectivity index (χ0v) is 14.7. The van der Waals surface area contributed by atoms with Crippen LogP contribution in [0.2, 0.25) is 0 Å². The third-order valence-electron chi connectivity index (χ3n) is 4.37. The van der Waals surface area contributed by atoms with Gasteiger partial charge in [0.25, 0.3) is 10.0 Å². The molecule has 7 nitrogen and oxygen atoms in total. The highest BCUT2D eigenvalue weighted by Gasteiger charge is 2.25. The molecule has 1 aliphatic rings. The number of imidazole rings is 1. The lowest BCUT2D eigenvalue weighted by Gasteiger charge is -2.28. The molecule has 0 aliphatic carbocycles. The molecular formula is C17H19N5O2S. The predicted molar refractivity (Wildman–Crippen MR) is 96.4 cm³/mol. The number of aryl methyl sites for hydroxylation is 1. The van der Waals surface area contributed by atoms with Crippen molar-refractivity contribution in [1.82, 2.24) is 19.3 Å². The van der Waals surface area contributed by atoms with Gasteiger partial charge in [-0.1, -0.05) is 18.2 Å². The van der Waals surface area contributed by atoms with Gasteiger partial charge in [0.1, 0.15) is 11.3 Å². The second-order valence-corrected chi connectivity index (χ2v) is 7.77. The average molecular weight is 357 g/mol. The number of rotatable bonds is 3. The topological polar surface area (TPSA) is 80.1 Å². The Labute approximate surface area is 146 Å². The molecule has 1 saturated heterocycles. The highest BCUT2D eigenvalue weighted by molar-refractivity contribution is 7.90. The summed E-state index contributed by atoms with van der Waals surface area (Å²) in [6.45, 7) is 5.11. The Bertz CT molecular complexity index is 1010. The minimum absolute atomic E-state index is 0.248. The van der Waals surface area contributed by atoms with Crippen LogP contribution in [0.15, 0.2) is 47.5 Å². The third-order valence-corrected chi connectivity index (χ3v) is 6.18. The molecule has 0 unspecified atom stereocenters. The molecule has 3 heterocycles. The highest BCUT2D eigenvalue weighted by Crippen LogP contribution is 2.28. The monoisotopic (exact) mass is 357 g/mol. The Morgan fingerprint density at radius 3 is 2.52 bits per heavy atom. The van der Waals surface area contributed by atoms with Crippen LogP contribution in [0, 0.1) is 6.92 Å². The largest absolute Gasteiger partial charge is 0.352 e. The van der Waals surface area contributed by atoms with E-state index in [1.165, 1.54) is 3.97 Å². The molecule has 0 radical (unpaired) electrons. The number of hydrogen-bond acceptors (Lipinski definition) is 6. The van der Waals surface area contributed by atoms with Crippen molar-refractivity contribution in [3.05, 3.63) is 48.4 Å². The zero-order valence-electron chi connectivity index (χ0n) is 13.9. The zero-order chi connectivity index (χ0) is 17.4. The summed E-state index contributed by atoms with van der Waals surface area (Å²) in [5, 5.41) is 3.30.